The van der Waals surface area contributed by atoms with Crippen molar-refractivity contribution in [3.8, 4) is 0 Å². The summed E-state index contributed by atoms with van der Waals surface area (Å²) in [6, 6.07) is 4.89. The van der Waals surface area contributed by atoms with Crippen LogP contribution in [0, 0.1) is 17.0 Å². The minimum atomic E-state index is -0.455. The predicted octanol–water partition coefficient (Wildman–Crippen LogP) is 1.02. The molecule has 1 unspecified atom stereocenters. The molecule has 0 bridgehead atoms. The largest absolute Gasteiger partial charge is 0.337 e. The van der Waals surface area contributed by atoms with Gasteiger partial charge in [0.05, 0.1) is 4.92 Å². The number of carbonyl (C=O) groups is 1. The van der Waals surface area contributed by atoms with Gasteiger partial charge in [-0.15, -0.1) is 0 Å². The Kier molecular flexibility index (Phi) is 4.58. The summed E-state index contributed by atoms with van der Waals surface area (Å²) in [6.07, 6.45) is 0.972. The van der Waals surface area contributed by atoms with Gasteiger partial charge in [-0.05, 0) is 18.9 Å². The maximum absolute atomic E-state index is 12.7. The lowest BCUT2D eigenvalue weighted by Gasteiger charge is -2.32. The zero-order valence-corrected chi connectivity index (χ0v) is 13.3. The van der Waals surface area contributed by atoms with E-state index in [0.29, 0.717) is 18.2 Å². The summed E-state index contributed by atoms with van der Waals surface area (Å²) in [5, 5.41) is 14.3. The van der Waals surface area contributed by atoms with Crippen LogP contribution in [0.5, 0.6) is 0 Å². The lowest BCUT2D eigenvalue weighted by atomic mass is 10.1. The number of nitrogens with one attached hydrogen (secondary N) is 1. The number of benzene rings is 1. The van der Waals surface area contributed by atoms with Gasteiger partial charge in [0.1, 0.15) is 0 Å². The number of rotatable bonds is 3. The topological polar surface area (TPSA) is 78.7 Å². The number of likely N-dealkylation sites (tertiary alicyclic amines) is 1. The summed E-state index contributed by atoms with van der Waals surface area (Å²) in [5.74, 6) is -0.0937. The molecule has 23 heavy (non-hydrogen) atoms. The van der Waals surface area contributed by atoms with E-state index in [0.717, 1.165) is 44.7 Å². The number of amides is 1. The van der Waals surface area contributed by atoms with E-state index in [1.54, 1.807) is 6.07 Å². The third kappa shape index (κ3) is 3.35. The number of nitro groups is 1. The first-order chi connectivity index (χ1) is 11.1. The fraction of sp³-hybridized carbons (Fsp3) is 0.562. The van der Waals surface area contributed by atoms with Crippen LogP contribution in [-0.4, -0.2) is 65.9 Å². The summed E-state index contributed by atoms with van der Waals surface area (Å²) in [7, 11) is 0. The Morgan fingerprint density at radius 2 is 2.04 bits per heavy atom. The number of piperazine rings is 1. The molecule has 0 aromatic heterocycles. The van der Waals surface area contributed by atoms with Gasteiger partial charge in [0, 0.05) is 63.0 Å². The van der Waals surface area contributed by atoms with Crippen LogP contribution in [0.3, 0.4) is 0 Å². The standard InChI is InChI=1S/C16H22N4O3/c1-12-2-3-13(20(22)23)10-15(12)16(21)19-7-4-14(11-19)18-8-5-17-6-9-18/h2-3,10,14,17H,4-9,11H2,1H3. The highest BCUT2D eigenvalue weighted by Crippen LogP contribution is 2.23. The zero-order valence-electron chi connectivity index (χ0n) is 13.3. The van der Waals surface area contributed by atoms with E-state index in [9.17, 15) is 14.9 Å². The molecule has 0 aliphatic carbocycles. The summed E-state index contributed by atoms with van der Waals surface area (Å²) < 4.78 is 0. The van der Waals surface area contributed by atoms with Crippen LogP contribution >= 0.6 is 0 Å². The maximum atomic E-state index is 12.7. The van der Waals surface area contributed by atoms with Crippen molar-refractivity contribution in [2.24, 2.45) is 0 Å². The Morgan fingerprint density at radius 1 is 1.30 bits per heavy atom. The second-order valence-electron chi connectivity index (χ2n) is 6.24. The molecule has 0 saturated carbocycles. The van der Waals surface area contributed by atoms with Crippen LogP contribution in [0.25, 0.3) is 0 Å². The molecule has 7 nitrogen and oxygen atoms in total. The summed E-state index contributed by atoms with van der Waals surface area (Å²) in [6.45, 7) is 7.27. The van der Waals surface area contributed by atoms with Crippen molar-refractivity contribution in [1.82, 2.24) is 15.1 Å². The number of carbonyl (C=O) groups excluding carboxylic acids is 1. The minimum absolute atomic E-state index is 0.0307. The average Bonchev–Trinajstić information content (AvgIpc) is 3.05. The third-order valence-electron chi connectivity index (χ3n) is 4.78. The van der Waals surface area contributed by atoms with Crippen molar-refractivity contribution < 1.29 is 9.72 Å². The molecule has 2 aliphatic heterocycles. The Labute approximate surface area is 135 Å². The van der Waals surface area contributed by atoms with Gasteiger partial charge in [0.2, 0.25) is 0 Å². The van der Waals surface area contributed by atoms with E-state index in [1.807, 2.05) is 11.8 Å². The molecule has 7 heteroatoms. The van der Waals surface area contributed by atoms with Gasteiger partial charge in [-0.3, -0.25) is 19.8 Å². The van der Waals surface area contributed by atoms with E-state index in [2.05, 4.69) is 10.2 Å². The molecule has 1 N–H and O–H groups in total. The highest BCUT2D eigenvalue weighted by atomic mass is 16.6. The SMILES string of the molecule is Cc1ccc([N+](=O)[O-])cc1C(=O)N1CCC(N2CCNCC2)C1. The first kappa shape index (κ1) is 15.9. The van der Waals surface area contributed by atoms with E-state index in [1.165, 1.54) is 12.1 Å². The number of aryl methyl sites for hydroxylation is 1. The van der Waals surface area contributed by atoms with E-state index in [4.69, 9.17) is 0 Å². The number of nitrogens with zero attached hydrogens (tertiary/aromatic N) is 3. The second-order valence-corrected chi connectivity index (χ2v) is 6.24. The van der Waals surface area contributed by atoms with Gasteiger partial charge in [-0.25, -0.2) is 0 Å². The van der Waals surface area contributed by atoms with Crippen LogP contribution in [0.2, 0.25) is 0 Å². The number of hydrogen-bond donors (Lipinski definition) is 1. The zero-order chi connectivity index (χ0) is 16.4. The molecule has 2 saturated heterocycles. The molecule has 3 rings (SSSR count). The Morgan fingerprint density at radius 3 is 2.74 bits per heavy atom. The van der Waals surface area contributed by atoms with Gasteiger partial charge in [0.15, 0.2) is 0 Å². The molecule has 1 atom stereocenters. The van der Waals surface area contributed by atoms with E-state index in [-0.39, 0.29) is 11.6 Å². The van der Waals surface area contributed by atoms with E-state index >= 15 is 0 Å². The Hall–Kier alpha value is -1.99. The summed E-state index contributed by atoms with van der Waals surface area (Å²) in [5.41, 5.74) is 1.20. The fourth-order valence-corrected chi connectivity index (χ4v) is 3.40. The van der Waals surface area contributed by atoms with Gasteiger partial charge in [-0.2, -0.15) is 0 Å². The third-order valence-corrected chi connectivity index (χ3v) is 4.78. The molecule has 2 heterocycles. The lowest BCUT2D eigenvalue weighted by Crippen LogP contribution is -2.49. The molecular weight excluding hydrogens is 296 g/mol. The molecule has 0 spiro atoms. The Balaban J connectivity index is 1.71. The lowest BCUT2D eigenvalue weighted by molar-refractivity contribution is -0.384. The first-order valence-electron chi connectivity index (χ1n) is 8.05. The molecule has 2 aliphatic rings. The molecule has 1 amide bonds. The first-order valence-corrected chi connectivity index (χ1v) is 8.05. The van der Waals surface area contributed by atoms with E-state index < -0.39 is 4.92 Å². The summed E-state index contributed by atoms with van der Waals surface area (Å²) in [4.78, 5) is 27.5. The molecule has 124 valence electrons. The van der Waals surface area contributed by atoms with Crippen molar-refractivity contribution in [2.45, 2.75) is 19.4 Å². The highest BCUT2D eigenvalue weighted by molar-refractivity contribution is 5.96. The molecular formula is C16H22N4O3. The monoisotopic (exact) mass is 318 g/mol. The Bertz CT molecular complexity index is 613. The number of non-ortho nitro benzene ring substituents is 1. The summed E-state index contributed by atoms with van der Waals surface area (Å²) >= 11 is 0. The van der Waals surface area contributed by atoms with Crippen molar-refractivity contribution >= 4 is 11.6 Å². The van der Waals surface area contributed by atoms with Crippen molar-refractivity contribution in [2.75, 3.05) is 39.3 Å². The van der Waals surface area contributed by atoms with Crippen LogP contribution in [0.1, 0.15) is 22.3 Å². The molecule has 0 radical (unpaired) electrons. The van der Waals surface area contributed by atoms with Crippen molar-refractivity contribution in [1.29, 1.82) is 0 Å². The number of hydrogen-bond acceptors (Lipinski definition) is 5. The fourth-order valence-electron chi connectivity index (χ4n) is 3.40. The highest BCUT2D eigenvalue weighted by Gasteiger charge is 2.32. The molecule has 1 aromatic carbocycles. The van der Waals surface area contributed by atoms with Gasteiger partial charge in [0.25, 0.3) is 11.6 Å². The number of nitro benzene ring substituents is 1. The van der Waals surface area contributed by atoms with Gasteiger partial charge >= 0.3 is 0 Å². The quantitative estimate of drug-likeness (QED) is 0.665. The van der Waals surface area contributed by atoms with Gasteiger partial charge < -0.3 is 10.2 Å². The normalized spacial score (nSPS) is 22.3. The second kappa shape index (κ2) is 6.64. The average molecular weight is 318 g/mol. The van der Waals surface area contributed by atoms with Crippen LogP contribution in [-0.2, 0) is 0 Å². The minimum Gasteiger partial charge on any atom is -0.337 e. The van der Waals surface area contributed by atoms with Gasteiger partial charge in [-0.1, -0.05) is 6.07 Å². The maximum Gasteiger partial charge on any atom is 0.270 e. The van der Waals surface area contributed by atoms with Crippen molar-refractivity contribution in [3.05, 3.63) is 39.4 Å². The molecule has 2 fully saturated rings. The van der Waals surface area contributed by atoms with Crippen LogP contribution in [0.4, 0.5) is 5.69 Å². The smallest absolute Gasteiger partial charge is 0.270 e. The van der Waals surface area contributed by atoms with Crippen LogP contribution < -0.4 is 5.32 Å². The molecule has 1 aromatic rings. The predicted molar refractivity (Wildman–Crippen MR) is 86.6 cm³/mol. The van der Waals surface area contributed by atoms with Crippen LogP contribution in [0.15, 0.2) is 18.2 Å². The van der Waals surface area contributed by atoms with Crippen molar-refractivity contribution in [3.63, 3.8) is 0 Å².